The van der Waals surface area contributed by atoms with Gasteiger partial charge < -0.3 is 25.3 Å². The summed E-state index contributed by atoms with van der Waals surface area (Å²) in [6.07, 6.45) is 1.65. The number of anilines is 2. The summed E-state index contributed by atoms with van der Waals surface area (Å²) < 4.78 is 44.5. The number of nitrogens with zero attached hydrogens (tertiary/aromatic N) is 3. The van der Waals surface area contributed by atoms with Crippen LogP contribution in [-0.2, 0) is 15.7 Å². The molecule has 194 valence electrons. The lowest BCUT2D eigenvalue weighted by atomic mass is 9.95. The number of aromatic amines is 1. The molecule has 5 rings (SSSR count). The smallest absolute Gasteiger partial charge is 0.383 e. The van der Waals surface area contributed by atoms with Gasteiger partial charge in [-0.15, -0.1) is 0 Å². The summed E-state index contributed by atoms with van der Waals surface area (Å²) in [7, 11) is 1.70. The molecule has 4 heterocycles. The number of likely N-dealkylation sites (tertiary alicyclic amines) is 1. The summed E-state index contributed by atoms with van der Waals surface area (Å²) in [6.45, 7) is 3.57. The quantitative estimate of drug-likeness (QED) is 0.410. The number of alkyl halides is 3. The van der Waals surface area contributed by atoms with E-state index in [0.717, 1.165) is 50.4 Å². The Bertz CT molecular complexity index is 1280. The first-order chi connectivity index (χ1) is 17.8. The van der Waals surface area contributed by atoms with Crippen LogP contribution in [0.4, 0.5) is 24.5 Å². The molecule has 2 aliphatic rings. The molecule has 3 N–H and O–H groups in total. The molecular weight excluding hydrogens is 485 g/mol. The average molecular weight is 513 g/mol. The van der Waals surface area contributed by atoms with E-state index in [2.05, 4.69) is 30.5 Å². The summed E-state index contributed by atoms with van der Waals surface area (Å²) in [5.74, 6) is 0.00579. The average Bonchev–Trinajstić information content (AvgIpc) is 3.52. The van der Waals surface area contributed by atoms with Gasteiger partial charge in [0.25, 0.3) is 5.91 Å². The van der Waals surface area contributed by atoms with Crippen LogP contribution in [-0.4, -0.2) is 65.2 Å². The van der Waals surface area contributed by atoms with Gasteiger partial charge in [0.05, 0.1) is 12.2 Å². The van der Waals surface area contributed by atoms with Gasteiger partial charge in [0.1, 0.15) is 11.5 Å². The minimum absolute atomic E-state index is 0.290. The molecule has 3 aromatic rings. The Hall–Kier alpha value is -3.70. The molecule has 0 spiro atoms. The van der Waals surface area contributed by atoms with Crippen molar-refractivity contribution in [1.29, 1.82) is 0 Å². The first-order valence-electron chi connectivity index (χ1n) is 12.0. The van der Waals surface area contributed by atoms with Gasteiger partial charge in [-0.05, 0) is 37.1 Å². The van der Waals surface area contributed by atoms with E-state index in [4.69, 9.17) is 4.74 Å². The molecule has 1 saturated heterocycles. The van der Waals surface area contributed by atoms with Crippen LogP contribution in [0, 0.1) is 0 Å². The van der Waals surface area contributed by atoms with Gasteiger partial charge in [-0.2, -0.15) is 13.2 Å². The molecule has 1 amide bonds. The Labute approximate surface area is 212 Å². The Morgan fingerprint density at radius 1 is 1.19 bits per heavy atom. The monoisotopic (exact) mass is 512 g/mol. The number of piperidine rings is 1. The number of nitrogens with one attached hydrogen (secondary N) is 3. The fraction of sp³-hybridized carbons (Fsp3) is 0.346. The van der Waals surface area contributed by atoms with Crippen LogP contribution in [0.1, 0.15) is 35.5 Å². The van der Waals surface area contributed by atoms with E-state index in [1.54, 1.807) is 13.3 Å². The zero-order chi connectivity index (χ0) is 26.0. The number of carbonyl (C=O) groups excluding carboxylic acids is 1. The van der Waals surface area contributed by atoms with Crippen LogP contribution < -0.4 is 10.6 Å². The number of pyridine rings is 1. The molecule has 0 radical (unpaired) electrons. The predicted molar refractivity (Wildman–Crippen MR) is 134 cm³/mol. The maximum absolute atomic E-state index is 13.1. The van der Waals surface area contributed by atoms with Gasteiger partial charge in [-0.3, -0.25) is 9.78 Å². The topological polar surface area (TPSA) is 95.2 Å². The van der Waals surface area contributed by atoms with E-state index >= 15 is 0 Å². The third kappa shape index (κ3) is 5.37. The number of amides is 1. The molecular formula is C26H27F3N6O2. The number of rotatable bonds is 7. The maximum Gasteiger partial charge on any atom is 0.433 e. The fourth-order valence-electron chi connectivity index (χ4n) is 4.77. The number of hydrogen-bond donors (Lipinski definition) is 3. The van der Waals surface area contributed by atoms with Crippen molar-refractivity contribution >= 4 is 28.4 Å². The number of aromatic nitrogens is 3. The zero-order valence-electron chi connectivity index (χ0n) is 20.2. The Morgan fingerprint density at radius 2 is 2.00 bits per heavy atom. The van der Waals surface area contributed by atoms with Gasteiger partial charge in [0.15, 0.2) is 0 Å². The highest BCUT2D eigenvalue weighted by molar-refractivity contribution is 6.38. The minimum Gasteiger partial charge on any atom is -0.383 e. The van der Waals surface area contributed by atoms with Crippen LogP contribution in [0.3, 0.4) is 0 Å². The number of fused-ring (bicyclic) bond motifs is 1. The van der Waals surface area contributed by atoms with Gasteiger partial charge in [-0.25, -0.2) is 4.98 Å². The van der Waals surface area contributed by atoms with Gasteiger partial charge in [0.2, 0.25) is 0 Å². The molecule has 0 unspecified atom stereocenters. The fourth-order valence-corrected chi connectivity index (χ4v) is 4.77. The largest absolute Gasteiger partial charge is 0.433 e. The lowest BCUT2D eigenvalue weighted by Gasteiger charge is -2.32. The first-order valence-corrected chi connectivity index (χ1v) is 12.0. The summed E-state index contributed by atoms with van der Waals surface area (Å²) in [6, 6.07) is 8.17. The van der Waals surface area contributed by atoms with E-state index in [-0.39, 0.29) is 11.9 Å². The van der Waals surface area contributed by atoms with Crippen molar-refractivity contribution in [2.45, 2.75) is 25.1 Å². The first kappa shape index (κ1) is 25.0. The van der Waals surface area contributed by atoms with E-state index in [1.165, 1.54) is 12.3 Å². The molecule has 0 saturated carbocycles. The molecule has 2 aliphatic heterocycles. The van der Waals surface area contributed by atoms with Crippen molar-refractivity contribution in [3.05, 3.63) is 71.6 Å². The van der Waals surface area contributed by atoms with Crippen molar-refractivity contribution in [1.82, 2.24) is 19.9 Å². The van der Waals surface area contributed by atoms with Gasteiger partial charge >= 0.3 is 6.18 Å². The Kier molecular flexibility index (Phi) is 6.98. The standard InChI is InChI=1S/C26H27F3N6O2/c1-37-13-12-35-10-6-17(7-11-35)33-18-3-4-20-19(14-18)23(25(36)34-20)22(24-30-8-9-31-24)16-2-5-21(32-15-16)26(27,28)29/h2-5,8-9,14-15,17,33H,6-7,10-13H2,1H3,(H,30,31)(H,34,36)/b23-22-. The summed E-state index contributed by atoms with van der Waals surface area (Å²) in [4.78, 5) is 26.4. The lowest BCUT2D eigenvalue weighted by molar-refractivity contribution is -0.141. The van der Waals surface area contributed by atoms with Crippen molar-refractivity contribution in [2.24, 2.45) is 0 Å². The highest BCUT2D eigenvalue weighted by Crippen LogP contribution is 2.41. The Balaban J connectivity index is 1.47. The SMILES string of the molecule is COCCN1CCC(Nc2ccc3c(c2)/C(=C(\c2ccc(C(F)(F)F)nc2)c2ncc[nH]2)C(=O)N3)CC1. The number of benzene rings is 1. The summed E-state index contributed by atoms with van der Waals surface area (Å²) in [5, 5.41) is 6.45. The van der Waals surface area contributed by atoms with Crippen molar-refractivity contribution < 1.29 is 22.7 Å². The van der Waals surface area contributed by atoms with Crippen LogP contribution >= 0.6 is 0 Å². The number of carbonyl (C=O) groups is 1. The van der Waals surface area contributed by atoms with E-state index in [0.29, 0.717) is 40.4 Å². The number of methoxy groups -OCH3 is 1. The minimum atomic E-state index is -4.56. The molecule has 0 aliphatic carbocycles. The lowest BCUT2D eigenvalue weighted by Crippen LogP contribution is -2.40. The van der Waals surface area contributed by atoms with Crippen molar-refractivity contribution in [3.8, 4) is 0 Å². The number of imidazole rings is 1. The predicted octanol–water partition coefficient (Wildman–Crippen LogP) is 4.26. The maximum atomic E-state index is 13.1. The van der Waals surface area contributed by atoms with Crippen LogP contribution in [0.25, 0.3) is 11.1 Å². The number of ether oxygens (including phenoxy) is 1. The molecule has 0 bridgehead atoms. The Morgan fingerprint density at radius 3 is 2.65 bits per heavy atom. The normalized spacial score (nSPS) is 18.0. The van der Waals surface area contributed by atoms with Crippen LogP contribution in [0.2, 0.25) is 0 Å². The number of halogens is 3. The molecule has 1 fully saturated rings. The summed E-state index contributed by atoms with van der Waals surface area (Å²) >= 11 is 0. The second-order valence-corrected chi connectivity index (χ2v) is 9.09. The molecule has 0 atom stereocenters. The molecule has 11 heteroatoms. The van der Waals surface area contributed by atoms with Gasteiger partial charge in [0, 0.05) is 79.5 Å². The second-order valence-electron chi connectivity index (χ2n) is 9.09. The second kappa shape index (κ2) is 10.3. The van der Waals surface area contributed by atoms with E-state index in [9.17, 15) is 18.0 Å². The highest BCUT2D eigenvalue weighted by Gasteiger charge is 2.34. The summed E-state index contributed by atoms with van der Waals surface area (Å²) in [5.41, 5.74) is 2.20. The third-order valence-electron chi connectivity index (χ3n) is 6.66. The van der Waals surface area contributed by atoms with Crippen LogP contribution in [0.5, 0.6) is 0 Å². The molecule has 1 aromatic carbocycles. The van der Waals surface area contributed by atoms with Crippen molar-refractivity contribution in [2.75, 3.05) is 44.0 Å². The number of H-pyrrole nitrogens is 1. The van der Waals surface area contributed by atoms with Gasteiger partial charge in [-0.1, -0.05) is 6.07 Å². The molecule has 2 aromatic heterocycles. The molecule has 37 heavy (non-hydrogen) atoms. The zero-order valence-corrected chi connectivity index (χ0v) is 20.2. The highest BCUT2D eigenvalue weighted by atomic mass is 19.4. The van der Waals surface area contributed by atoms with Crippen LogP contribution in [0.15, 0.2) is 48.9 Å². The number of hydrogen-bond acceptors (Lipinski definition) is 6. The third-order valence-corrected chi connectivity index (χ3v) is 6.66. The van der Waals surface area contributed by atoms with Crippen molar-refractivity contribution in [3.63, 3.8) is 0 Å². The molecule has 8 nitrogen and oxygen atoms in total. The van der Waals surface area contributed by atoms with E-state index < -0.39 is 11.9 Å². The van der Waals surface area contributed by atoms with E-state index in [1.807, 2.05) is 18.2 Å².